The third kappa shape index (κ3) is 6.58. The summed E-state index contributed by atoms with van der Waals surface area (Å²) in [5.41, 5.74) is 25.8. The molecule has 0 unspecified atom stereocenters. The van der Waals surface area contributed by atoms with Gasteiger partial charge in [0.1, 0.15) is 0 Å². The van der Waals surface area contributed by atoms with Crippen LogP contribution < -0.4 is 4.90 Å². The maximum atomic E-state index is 2.52. The lowest BCUT2D eigenvalue weighted by molar-refractivity contribution is 0.490. The summed E-state index contributed by atoms with van der Waals surface area (Å²) in [6, 6.07) is 102. The number of rotatable bonds is 11. The third-order valence-corrected chi connectivity index (χ3v) is 17.5. The quantitative estimate of drug-likeness (QED) is 0.117. The van der Waals surface area contributed by atoms with Gasteiger partial charge in [0.15, 0.2) is 0 Å². The van der Waals surface area contributed by atoms with Gasteiger partial charge < -0.3 is 4.90 Å². The molecule has 0 aromatic heterocycles. The van der Waals surface area contributed by atoms with Crippen molar-refractivity contribution in [2.45, 2.75) is 42.9 Å². The summed E-state index contributed by atoms with van der Waals surface area (Å²) in [5, 5.41) is 0. The summed E-state index contributed by atoms with van der Waals surface area (Å²) in [6.07, 6.45) is 6.69. The fourth-order valence-corrected chi connectivity index (χ4v) is 14.2. The maximum Gasteiger partial charge on any atom is 0.0714 e. The third-order valence-electron chi connectivity index (χ3n) is 17.5. The molecule has 0 saturated heterocycles. The number of hydrogen-bond donors (Lipinski definition) is 0. The van der Waals surface area contributed by atoms with Gasteiger partial charge in [-0.25, -0.2) is 0 Å². The Bertz CT molecular complexity index is 3920. The van der Waals surface area contributed by atoms with E-state index < -0.39 is 10.8 Å². The van der Waals surface area contributed by atoms with Crippen LogP contribution in [-0.4, -0.2) is 0 Å². The fourth-order valence-electron chi connectivity index (χ4n) is 14.2. The molecule has 0 aliphatic heterocycles. The Morgan fingerprint density at radius 3 is 1.26 bits per heavy atom. The highest BCUT2D eigenvalue weighted by Crippen LogP contribution is 2.60. The van der Waals surface area contributed by atoms with Crippen LogP contribution in [0.3, 0.4) is 0 Å². The Balaban J connectivity index is 0.877. The fraction of sp³-hybridized carbons (Fsp3) is 0.0933. The van der Waals surface area contributed by atoms with E-state index in [4.69, 9.17) is 0 Å². The molecule has 0 bridgehead atoms. The lowest BCUT2D eigenvalue weighted by Gasteiger charge is -2.35. The molecule has 3 aliphatic carbocycles. The predicted octanol–water partition coefficient (Wildman–Crippen LogP) is 19.1. The zero-order valence-corrected chi connectivity index (χ0v) is 43.0. The van der Waals surface area contributed by atoms with Crippen molar-refractivity contribution >= 4 is 29.2 Å². The van der Waals surface area contributed by atoms with Crippen molar-refractivity contribution in [3.63, 3.8) is 0 Å². The minimum Gasteiger partial charge on any atom is -0.310 e. The van der Waals surface area contributed by atoms with E-state index in [1.165, 1.54) is 100 Å². The largest absolute Gasteiger partial charge is 0.310 e. The Hall–Kier alpha value is -9.04. The predicted molar refractivity (Wildman–Crippen MR) is 318 cm³/mol. The molecule has 76 heavy (non-hydrogen) atoms. The molecule has 11 aromatic carbocycles. The van der Waals surface area contributed by atoms with Crippen LogP contribution >= 0.6 is 0 Å². The highest BCUT2D eigenvalue weighted by molar-refractivity contribution is 5.94. The van der Waals surface area contributed by atoms with E-state index in [0.29, 0.717) is 0 Å². The van der Waals surface area contributed by atoms with E-state index in [0.717, 1.165) is 29.9 Å². The van der Waals surface area contributed by atoms with Crippen molar-refractivity contribution < 1.29 is 0 Å². The van der Waals surface area contributed by atoms with Gasteiger partial charge >= 0.3 is 0 Å². The molecule has 0 N–H and O–H groups in total. The summed E-state index contributed by atoms with van der Waals surface area (Å²) < 4.78 is 0. The van der Waals surface area contributed by atoms with Crippen LogP contribution in [0.5, 0.6) is 0 Å². The number of benzene rings is 11. The van der Waals surface area contributed by atoms with Crippen molar-refractivity contribution in [3.05, 3.63) is 340 Å². The smallest absolute Gasteiger partial charge is 0.0714 e. The summed E-state index contributed by atoms with van der Waals surface area (Å²) >= 11 is 0. The number of para-hydroxylation sites is 1. The summed E-state index contributed by atoms with van der Waals surface area (Å²) in [4.78, 5) is 2.48. The molecule has 11 aromatic rings. The first kappa shape index (κ1) is 45.6. The van der Waals surface area contributed by atoms with Gasteiger partial charge in [0.2, 0.25) is 0 Å². The average molecular weight is 972 g/mol. The Morgan fingerprint density at radius 1 is 0.303 bits per heavy atom. The minimum absolute atomic E-state index is 0.167. The topological polar surface area (TPSA) is 3.24 Å². The first-order valence-electron chi connectivity index (χ1n) is 27.1. The van der Waals surface area contributed by atoms with Crippen molar-refractivity contribution in [2.24, 2.45) is 0 Å². The zero-order chi connectivity index (χ0) is 50.8. The molecule has 0 amide bonds. The highest BCUT2D eigenvalue weighted by atomic mass is 15.1. The molecule has 1 heteroatoms. The molecule has 14 rings (SSSR count). The molecule has 0 saturated carbocycles. The van der Waals surface area contributed by atoms with Gasteiger partial charge in [-0.1, -0.05) is 263 Å². The molecule has 3 aliphatic rings. The van der Waals surface area contributed by atoms with E-state index >= 15 is 0 Å². The molecule has 362 valence electrons. The first-order chi connectivity index (χ1) is 37.6. The van der Waals surface area contributed by atoms with Crippen LogP contribution in [0.15, 0.2) is 273 Å². The van der Waals surface area contributed by atoms with E-state index in [-0.39, 0.29) is 5.41 Å². The lowest BCUT2D eigenvalue weighted by atomic mass is 9.67. The summed E-state index contributed by atoms with van der Waals surface area (Å²) in [7, 11) is 0. The second-order valence-electron chi connectivity index (χ2n) is 20.9. The van der Waals surface area contributed by atoms with Crippen LogP contribution in [0.2, 0.25) is 0 Å². The van der Waals surface area contributed by atoms with Gasteiger partial charge in [0, 0.05) is 22.5 Å². The van der Waals surface area contributed by atoms with E-state index in [9.17, 15) is 0 Å². The molecule has 0 heterocycles. The van der Waals surface area contributed by atoms with Gasteiger partial charge in [-0.05, 0) is 149 Å². The van der Waals surface area contributed by atoms with E-state index in [1.54, 1.807) is 0 Å². The van der Waals surface area contributed by atoms with E-state index in [1.807, 2.05) is 0 Å². The zero-order valence-electron chi connectivity index (χ0n) is 43.0. The monoisotopic (exact) mass is 971 g/mol. The Kier molecular flexibility index (Phi) is 10.9. The summed E-state index contributed by atoms with van der Waals surface area (Å²) in [6.45, 7) is 4.77. The molecule has 0 radical (unpaired) electrons. The van der Waals surface area contributed by atoms with Gasteiger partial charge in [0.25, 0.3) is 0 Å². The number of fused-ring (bicyclic) bond motifs is 9. The van der Waals surface area contributed by atoms with Crippen LogP contribution in [0.4, 0.5) is 17.1 Å². The Labute approximate surface area is 447 Å². The number of anilines is 3. The first-order valence-corrected chi connectivity index (χ1v) is 27.1. The lowest BCUT2D eigenvalue weighted by Crippen LogP contribution is -2.28. The standard InChI is InChI=1S/C75H57N/c1-3-73(4-2)69-49-52(41-43-53-25-24-40-68-72(53)65-37-21-23-39-67(65)74(68,54-26-10-5-11-27-54)55-28-12-6-13-29-55)42-46-62(69)63-47-44-59(50-70(63)73)76(58-34-18-9-19-35-58)60-45-48-64-61-36-20-22-38-66(61)75(71(64)51-60,56-30-14-7-15-31-56)57-32-16-8-17-33-57/h5-51H,3-4H2,1-2H3. The van der Waals surface area contributed by atoms with E-state index in [2.05, 4.69) is 304 Å². The number of nitrogens with zero attached hydrogens (tertiary/aromatic N) is 1. The minimum atomic E-state index is -0.502. The molecule has 1 nitrogen and oxygen atoms in total. The summed E-state index contributed by atoms with van der Waals surface area (Å²) in [5.74, 6) is 0. The molecular weight excluding hydrogens is 915 g/mol. The van der Waals surface area contributed by atoms with Crippen molar-refractivity contribution in [2.75, 3.05) is 4.90 Å². The van der Waals surface area contributed by atoms with Gasteiger partial charge in [-0.15, -0.1) is 0 Å². The highest BCUT2D eigenvalue weighted by Gasteiger charge is 2.48. The maximum absolute atomic E-state index is 2.52. The number of hydrogen-bond acceptors (Lipinski definition) is 1. The molecule has 0 fully saturated rings. The second kappa shape index (κ2) is 18.1. The molecule has 0 atom stereocenters. The normalized spacial score (nSPS) is 14.6. The van der Waals surface area contributed by atoms with Crippen LogP contribution in [0, 0.1) is 0 Å². The molecular formula is C75H57N. The van der Waals surface area contributed by atoms with Gasteiger partial charge in [-0.2, -0.15) is 0 Å². The second-order valence-corrected chi connectivity index (χ2v) is 20.9. The SMILES string of the molecule is CCC1(CC)c2cc(C=Cc3cccc4c3-c3ccccc3C4(c3ccccc3)c3ccccc3)ccc2-c2ccc(N(c3ccccc3)c3ccc4c(c3)C(c3ccccc3)(c3ccccc3)c3ccccc3-4)cc21. The van der Waals surface area contributed by atoms with Crippen LogP contribution in [0.25, 0.3) is 45.5 Å². The van der Waals surface area contributed by atoms with Crippen molar-refractivity contribution in [3.8, 4) is 33.4 Å². The Morgan fingerprint density at radius 2 is 0.711 bits per heavy atom. The van der Waals surface area contributed by atoms with Gasteiger partial charge in [0.05, 0.1) is 10.8 Å². The van der Waals surface area contributed by atoms with Crippen molar-refractivity contribution in [1.29, 1.82) is 0 Å². The van der Waals surface area contributed by atoms with Crippen LogP contribution in [0.1, 0.15) is 93.5 Å². The van der Waals surface area contributed by atoms with Crippen LogP contribution in [-0.2, 0) is 16.2 Å². The van der Waals surface area contributed by atoms with Gasteiger partial charge in [-0.3, -0.25) is 0 Å². The average Bonchev–Trinajstić information content (AvgIpc) is 4.29. The van der Waals surface area contributed by atoms with Crippen molar-refractivity contribution in [1.82, 2.24) is 0 Å². The molecule has 0 spiro atoms.